The number of hydrogen-bond donors (Lipinski definition) is 3. The van der Waals surface area contributed by atoms with E-state index in [0.717, 1.165) is 65.7 Å². The van der Waals surface area contributed by atoms with Gasteiger partial charge in [-0.05, 0) is 31.2 Å². The maximum Gasteiger partial charge on any atom is 0.165 e. The van der Waals surface area contributed by atoms with Crippen LogP contribution in [0.25, 0.3) is 22.3 Å². The topological polar surface area (TPSA) is 81.8 Å². The summed E-state index contributed by atoms with van der Waals surface area (Å²) >= 11 is 6.47. The molecule has 2 aromatic carbocycles. The molecule has 8 heteroatoms. The van der Waals surface area contributed by atoms with Gasteiger partial charge in [0.2, 0.25) is 0 Å². The van der Waals surface area contributed by atoms with Gasteiger partial charge in [0.15, 0.2) is 11.6 Å². The van der Waals surface area contributed by atoms with Gasteiger partial charge in [0.1, 0.15) is 11.6 Å². The van der Waals surface area contributed by atoms with Crippen molar-refractivity contribution in [1.82, 2.24) is 25.5 Å². The predicted molar refractivity (Wildman–Crippen MR) is 122 cm³/mol. The van der Waals surface area contributed by atoms with E-state index in [0.29, 0.717) is 10.8 Å². The van der Waals surface area contributed by atoms with E-state index < -0.39 is 0 Å². The van der Waals surface area contributed by atoms with Crippen molar-refractivity contribution < 1.29 is 0 Å². The summed E-state index contributed by atoms with van der Waals surface area (Å²) in [7, 11) is 0. The zero-order valence-electron chi connectivity index (χ0n) is 16.6. The Bertz CT molecular complexity index is 1200. The van der Waals surface area contributed by atoms with E-state index >= 15 is 0 Å². The van der Waals surface area contributed by atoms with E-state index in [1.165, 1.54) is 0 Å². The first-order chi connectivity index (χ1) is 14.7. The van der Waals surface area contributed by atoms with Gasteiger partial charge in [-0.1, -0.05) is 35.9 Å². The molecule has 152 valence electrons. The first kappa shape index (κ1) is 18.8. The molecule has 1 aliphatic heterocycles. The molecule has 0 bridgehead atoms. The fourth-order valence-corrected chi connectivity index (χ4v) is 3.97. The van der Waals surface area contributed by atoms with Crippen molar-refractivity contribution in [2.24, 2.45) is 0 Å². The molecule has 1 saturated heterocycles. The maximum atomic E-state index is 6.47. The number of hydrogen-bond acceptors (Lipinski definition) is 6. The van der Waals surface area contributed by atoms with Gasteiger partial charge in [0.05, 0.1) is 10.5 Å². The SMILES string of the molecule is Cc1c(Nc2n[nH]c3ccccc23)nc(-c2ccccc2Cl)nc1N1CCNCC1. The summed E-state index contributed by atoms with van der Waals surface area (Å²) in [4.78, 5) is 12.0. The Morgan fingerprint density at radius 3 is 2.57 bits per heavy atom. The molecule has 0 spiro atoms. The summed E-state index contributed by atoms with van der Waals surface area (Å²) in [5, 5.41) is 16.0. The van der Waals surface area contributed by atoms with Crippen LogP contribution in [0.4, 0.5) is 17.5 Å². The third kappa shape index (κ3) is 3.46. The van der Waals surface area contributed by atoms with Crippen LogP contribution in [-0.4, -0.2) is 46.3 Å². The highest BCUT2D eigenvalue weighted by Crippen LogP contribution is 2.33. The van der Waals surface area contributed by atoms with Gasteiger partial charge >= 0.3 is 0 Å². The quantitative estimate of drug-likeness (QED) is 0.461. The maximum absolute atomic E-state index is 6.47. The molecular weight excluding hydrogens is 398 g/mol. The zero-order chi connectivity index (χ0) is 20.5. The lowest BCUT2D eigenvalue weighted by Crippen LogP contribution is -2.44. The second-order valence-electron chi connectivity index (χ2n) is 7.30. The van der Waals surface area contributed by atoms with Crippen LogP contribution in [-0.2, 0) is 0 Å². The molecule has 3 N–H and O–H groups in total. The number of rotatable bonds is 4. The van der Waals surface area contributed by atoms with E-state index in [2.05, 4.69) is 25.7 Å². The largest absolute Gasteiger partial charge is 0.354 e. The minimum absolute atomic E-state index is 0.599. The number of aromatic nitrogens is 4. The van der Waals surface area contributed by atoms with Gasteiger partial charge < -0.3 is 15.5 Å². The van der Waals surface area contributed by atoms with Crippen LogP contribution in [0.2, 0.25) is 5.02 Å². The van der Waals surface area contributed by atoms with Crippen LogP contribution >= 0.6 is 11.6 Å². The van der Waals surface area contributed by atoms with Crippen molar-refractivity contribution in [1.29, 1.82) is 0 Å². The van der Waals surface area contributed by atoms with Crippen molar-refractivity contribution in [2.45, 2.75) is 6.92 Å². The number of nitrogens with one attached hydrogen (secondary N) is 3. The highest BCUT2D eigenvalue weighted by atomic mass is 35.5. The lowest BCUT2D eigenvalue weighted by Gasteiger charge is -2.30. The number of H-pyrrole nitrogens is 1. The number of fused-ring (bicyclic) bond motifs is 1. The van der Waals surface area contributed by atoms with Crippen LogP contribution in [0.15, 0.2) is 48.5 Å². The Hall–Kier alpha value is -3.16. The number of piperazine rings is 1. The van der Waals surface area contributed by atoms with Crippen molar-refractivity contribution >= 4 is 40.0 Å². The van der Waals surface area contributed by atoms with Crippen LogP contribution < -0.4 is 15.5 Å². The van der Waals surface area contributed by atoms with Gasteiger partial charge in [-0.15, -0.1) is 0 Å². The van der Waals surface area contributed by atoms with E-state index in [-0.39, 0.29) is 0 Å². The van der Waals surface area contributed by atoms with Gasteiger partial charge in [-0.3, -0.25) is 5.10 Å². The van der Waals surface area contributed by atoms with Crippen LogP contribution in [0.3, 0.4) is 0 Å². The van der Waals surface area contributed by atoms with Crippen molar-refractivity contribution in [3.05, 3.63) is 59.1 Å². The van der Waals surface area contributed by atoms with Crippen LogP contribution in [0.5, 0.6) is 0 Å². The second-order valence-corrected chi connectivity index (χ2v) is 7.71. The third-order valence-corrected chi connectivity index (χ3v) is 5.69. The predicted octanol–water partition coefficient (Wildman–Crippen LogP) is 4.13. The van der Waals surface area contributed by atoms with Crippen LogP contribution in [0.1, 0.15) is 5.56 Å². The van der Waals surface area contributed by atoms with Crippen molar-refractivity contribution in [3.8, 4) is 11.4 Å². The Kier molecular flexibility index (Phi) is 4.98. The van der Waals surface area contributed by atoms with E-state index in [1.54, 1.807) is 0 Å². The molecule has 30 heavy (non-hydrogen) atoms. The van der Waals surface area contributed by atoms with E-state index in [9.17, 15) is 0 Å². The standard InChI is InChI=1S/C22H22ClN7/c1-14-19(26-21-16-7-3-5-9-18(16)28-29-21)25-20(15-6-2-4-8-17(15)23)27-22(14)30-12-10-24-11-13-30/h2-9,24H,10-13H2,1H3,(H2,25,26,27,28,29). The molecule has 0 unspecified atom stereocenters. The Morgan fingerprint density at radius 2 is 1.73 bits per heavy atom. The minimum Gasteiger partial charge on any atom is -0.354 e. The first-order valence-electron chi connectivity index (χ1n) is 10.00. The first-order valence-corrected chi connectivity index (χ1v) is 10.4. The summed E-state index contributed by atoms with van der Waals surface area (Å²) in [5.41, 5.74) is 2.77. The van der Waals surface area contributed by atoms with Gasteiger partial charge in [0, 0.05) is 42.7 Å². The number of benzene rings is 2. The molecule has 0 amide bonds. The molecular formula is C22H22ClN7. The average molecular weight is 420 g/mol. The second kappa shape index (κ2) is 7.93. The number of para-hydroxylation sites is 1. The van der Waals surface area contributed by atoms with E-state index in [1.807, 2.05) is 55.5 Å². The van der Waals surface area contributed by atoms with Crippen molar-refractivity contribution in [3.63, 3.8) is 0 Å². The Labute approximate surface area is 179 Å². The summed E-state index contributed by atoms with van der Waals surface area (Å²) in [6.07, 6.45) is 0. The van der Waals surface area contributed by atoms with Gasteiger partial charge in [0.25, 0.3) is 0 Å². The summed E-state index contributed by atoms with van der Waals surface area (Å²) < 4.78 is 0. The average Bonchev–Trinajstić information content (AvgIpc) is 3.19. The Balaban J connectivity index is 1.63. The molecule has 0 saturated carbocycles. The molecule has 0 radical (unpaired) electrons. The van der Waals surface area contributed by atoms with Crippen LogP contribution in [0, 0.1) is 6.92 Å². The number of nitrogens with zero attached hydrogens (tertiary/aromatic N) is 4. The molecule has 0 atom stereocenters. The summed E-state index contributed by atoms with van der Waals surface area (Å²) in [5.74, 6) is 2.99. The number of halogens is 1. The lowest BCUT2D eigenvalue weighted by atomic mass is 10.2. The molecule has 5 rings (SSSR count). The summed E-state index contributed by atoms with van der Waals surface area (Å²) in [6, 6.07) is 15.7. The normalized spacial score (nSPS) is 14.3. The smallest absolute Gasteiger partial charge is 0.165 e. The molecule has 4 aromatic rings. The minimum atomic E-state index is 0.599. The molecule has 1 fully saturated rings. The lowest BCUT2D eigenvalue weighted by molar-refractivity contribution is 0.584. The van der Waals surface area contributed by atoms with Crippen molar-refractivity contribution in [2.75, 3.05) is 36.4 Å². The van der Waals surface area contributed by atoms with Gasteiger partial charge in [-0.25, -0.2) is 9.97 Å². The van der Waals surface area contributed by atoms with E-state index in [4.69, 9.17) is 21.6 Å². The third-order valence-electron chi connectivity index (χ3n) is 5.36. The molecule has 1 aliphatic rings. The summed E-state index contributed by atoms with van der Waals surface area (Å²) in [6.45, 7) is 5.69. The molecule has 3 heterocycles. The Morgan fingerprint density at radius 1 is 0.967 bits per heavy atom. The number of anilines is 3. The number of aromatic amines is 1. The highest BCUT2D eigenvalue weighted by molar-refractivity contribution is 6.33. The molecule has 2 aromatic heterocycles. The highest BCUT2D eigenvalue weighted by Gasteiger charge is 2.21. The zero-order valence-corrected chi connectivity index (χ0v) is 17.4. The molecule has 0 aliphatic carbocycles. The fraction of sp³-hybridized carbons (Fsp3) is 0.227. The van der Waals surface area contributed by atoms with Gasteiger partial charge in [-0.2, -0.15) is 5.10 Å². The fourth-order valence-electron chi connectivity index (χ4n) is 3.74. The monoisotopic (exact) mass is 419 g/mol. The molecule has 7 nitrogen and oxygen atoms in total.